The van der Waals surface area contributed by atoms with Crippen LogP contribution in [-0.2, 0) is 31.3 Å². The highest BCUT2D eigenvalue weighted by Gasteiger charge is 2.33. The van der Waals surface area contributed by atoms with Crippen LogP contribution in [0.15, 0.2) is 82.6 Å². The number of rotatable bonds is 9. The Balaban J connectivity index is 1.68. The van der Waals surface area contributed by atoms with E-state index in [1.54, 1.807) is 72.5 Å². The first-order valence-corrected chi connectivity index (χ1v) is 16.5. The van der Waals surface area contributed by atoms with Crippen LogP contribution < -0.4 is 9.46 Å². The summed E-state index contributed by atoms with van der Waals surface area (Å²) >= 11 is 0. The van der Waals surface area contributed by atoms with Gasteiger partial charge in [-0.05, 0) is 56.3 Å². The van der Waals surface area contributed by atoms with Crippen molar-refractivity contribution in [2.45, 2.75) is 49.1 Å². The van der Waals surface area contributed by atoms with Gasteiger partial charge in [0.2, 0.25) is 15.9 Å². The van der Waals surface area contributed by atoms with Gasteiger partial charge in [-0.3, -0.25) is 9.52 Å². The first-order chi connectivity index (χ1) is 19.8. The Labute approximate surface area is 248 Å². The predicted octanol–water partition coefficient (Wildman–Crippen LogP) is 3.27. The Morgan fingerprint density at radius 2 is 1.69 bits per heavy atom. The van der Waals surface area contributed by atoms with Crippen LogP contribution in [0, 0.1) is 12.8 Å². The molecule has 2 N–H and O–H groups in total. The Morgan fingerprint density at radius 1 is 1.02 bits per heavy atom. The van der Waals surface area contributed by atoms with Gasteiger partial charge in [-0.15, -0.1) is 0 Å². The molecule has 1 aliphatic rings. The molecular weight excluding hydrogens is 578 g/mol. The normalized spacial score (nSPS) is 18.8. The second kappa shape index (κ2) is 12.8. The number of likely N-dealkylation sites (N-methyl/N-ethyl adjacent to an activating group) is 1. The van der Waals surface area contributed by atoms with E-state index in [0.717, 1.165) is 5.56 Å². The molecule has 226 valence electrons. The molecule has 0 fully saturated rings. The molecule has 1 amide bonds. The molecule has 3 atom stereocenters. The number of aryl methyl sites for hydroxylation is 1. The lowest BCUT2D eigenvalue weighted by molar-refractivity contribution is -0.134. The smallest absolute Gasteiger partial charge is 0.261 e. The molecule has 1 heterocycles. The minimum atomic E-state index is -3.88. The third kappa shape index (κ3) is 7.12. The third-order valence-corrected chi connectivity index (χ3v) is 10.6. The maximum atomic E-state index is 13.5. The molecule has 0 unspecified atom stereocenters. The van der Waals surface area contributed by atoms with E-state index in [1.807, 2.05) is 13.8 Å². The van der Waals surface area contributed by atoms with Gasteiger partial charge in [-0.1, -0.05) is 42.8 Å². The first kappa shape index (κ1) is 31.5. The van der Waals surface area contributed by atoms with Crippen LogP contribution in [-0.4, -0.2) is 75.9 Å². The number of nitrogens with one attached hydrogen (secondary N) is 1. The quantitative estimate of drug-likeness (QED) is 0.378. The molecule has 10 nitrogen and oxygen atoms in total. The Kier molecular flexibility index (Phi) is 9.61. The summed E-state index contributed by atoms with van der Waals surface area (Å²) in [6, 6.07) is 18.7. The van der Waals surface area contributed by atoms with E-state index in [0.29, 0.717) is 11.3 Å². The second-order valence-electron chi connectivity index (χ2n) is 10.7. The molecule has 0 spiro atoms. The number of nitrogens with zero attached hydrogens (tertiary/aromatic N) is 2. The number of ether oxygens (including phenoxy) is 1. The number of anilines is 1. The number of hydrogen-bond acceptors (Lipinski definition) is 7. The average Bonchev–Trinajstić information content (AvgIpc) is 3.00. The van der Waals surface area contributed by atoms with E-state index in [2.05, 4.69) is 4.72 Å². The number of aliphatic hydroxyl groups is 1. The number of sulfonamides is 2. The van der Waals surface area contributed by atoms with E-state index < -0.39 is 32.2 Å². The van der Waals surface area contributed by atoms with Gasteiger partial charge >= 0.3 is 0 Å². The van der Waals surface area contributed by atoms with Gasteiger partial charge in [-0.25, -0.2) is 16.8 Å². The zero-order valence-corrected chi connectivity index (χ0v) is 25.7. The fraction of sp³-hybridized carbons (Fsp3) is 0.367. The fourth-order valence-corrected chi connectivity index (χ4v) is 7.02. The SMILES string of the molecule is Cc1ccc(S(=O)(=O)N(C)C[C@H]2Oc3ccc(NS(=O)(=O)c4ccccc4)cc3CC(=O)N([C@H](C)CO)C[C@@H]2C)cc1. The monoisotopic (exact) mass is 615 g/mol. The summed E-state index contributed by atoms with van der Waals surface area (Å²) in [5.74, 6) is -0.235. The molecule has 4 rings (SSSR count). The average molecular weight is 616 g/mol. The number of carbonyl (C=O) groups is 1. The topological polar surface area (TPSA) is 133 Å². The third-order valence-electron chi connectivity index (χ3n) is 7.39. The number of aliphatic hydroxyl groups excluding tert-OH is 1. The summed E-state index contributed by atoms with van der Waals surface area (Å²) in [5, 5.41) is 9.87. The number of carbonyl (C=O) groups excluding carboxylic acids is 1. The van der Waals surface area contributed by atoms with Crippen LogP contribution in [0.2, 0.25) is 0 Å². The van der Waals surface area contributed by atoms with Gasteiger partial charge in [0.15, 0.2) is 0 Å². The summed E-state index contributed by atoms with van der Waals surface area (Å²) in [6.45, 7) is 5.45. The minimum Gasteiger partial charge on any atom is -0.488 e. The van der Waals surface area contributed by atoms with E-state index in [9.17, 15) is 26.7 Å². The molecule has 42 heavy (non-hydrogen) atoms. The molecule has 3 aromatic carbocycles. The number of hydrogen-bond donors (Lipinski definition) is 2. The maximum Gasteiger partial charge on any atom is 0.261 e. The molecule has 12 heteroatoms. The van der Waals surface area contributed by atoms with Crippen molar-refractivity contribution >= 4 is 31.6 Å². The van der Waals surface area contributed by atoms with Gasteiger partial charge in [0.25, 0.3) is 10.0 Å². The summed E-state index contributed by atoms with van der Waals surface area (Å²) < 4.78 is 62.8. The molecule has 0 aromatic heterocycles. The van der Waals surface area contributed by atoms with Crippen LogP contribution in [0.1, 0.15) is 25.0 Å². The van der Waals surface area contributed by atoms with Crippen molar-refractivity contribution in [2.24, 2.45) is 5.92 Å². The lowest BCUT2D eigenvalue weighted by Crippen LogP contribution is -2.48. The number of fused-ring (bicyclic) bond motifs is 1. The highest BCUT2D eigenvalue weighted by molar-refractivity contribution is 7.92. The van der Waals surface area contributed by atoms with Crippen molar-refractivity contribution in [2.75, 3.05) is 31.5 Å². The van der Waals surface area contributed by atoms with Crippen LogP contribution in [0.25, 0.3) is 0 Å². The zero-order chi connectivity index (χ0) is 30.7. The van der Waals surface area contributed by atoms with E-state index >= 15 is 0 Å². The molecule has 1 aliphatic heterocycles. The van der Waals surface area contributed by atoms with Crippen molar-refractivity contribution < 1.29 is 31.5 Å². The minimum absolute atomic E-state index is 0.00522. The number of benzene rings is 3. The summed E-state index contributed by atoms with van der Waals surface area (Å²) in [7, 11) is -6.22. The fourth-order valence-electron chi connectivity index (χ4n) is 4.77. The molecular formula is C30H37N3O7S2. The second-order valence-corrected chi connectivity index (χ2v) is 14.5. The lowest BCUT2D eigenvalue weighted by Gasteiger charge is -2.33. The van der Waals surface area contributed by atoms with Crippen molar-refractivity contribution in [3.05, 3.63) is 83.9 Å². The van der Waals surface area contributed by atoms with E-state index in [4.69, 9.17) is 4.74 Å². The van der Waals surface area contributed by atoms with Gasteiger partial charge in [0.05, 0.1) is 35.4 Å². The summed E-state index contributed by atoms with van der Waals surface area (Å²) in [6.07, 6.45) is -0.766. The van der Waals surface area contributed by atoms with Crippen molar-refractivity contribution in [1.29, 1.82) is 0 Å². The van der Waals surface area contributed by atoms with E-state index in [1.165, 1.54) is 23.5 Å². The lowest BCUT2D eigenvalue weighted by atomic mass is 10.0. The highest BCUT2D eigenvalue weighted by Crippen LogP contribution is 2.30. The molecule has 0 bridgehead atoms. The standard InChI is InChI=1S/C30H37N3O7S2/c1-21-10-13-27(14-11-21)42(38,39)32(4)19-29-22(2)18-33(23(3)20-34)30(35)17-24-16-25(12-15-28(24)40-29)31-41(36,37)26-8-6-5-7-9-26/h5-16,22-23,29,31,34H,17-20H2,1-4H3/t22-,23+,29+/m0/s1. The van der Waals surface area contributed by atoms with Crippen molar-refractivity contribution in [3.8, 4) is 5.75 Å². The van der Waals surface area contributed by atoms with Crippen LogP contribution >= 0.6 is 0 Å². The number of amides is 1. The molecule has 0 aliphatic carbocycles. The van der Waals surface area contributed by atoms with Gasteiger partial charge in [0.1, 0.15) is 11.9 Å². The van der Waals surface area contributed by atoms with Crippen LogP contribution in [0.5, 0.6) is 5.75 Å². The van der Waals surface area contributed by atoms with Gasteiger partial charge < -0.3 is 14.7 Å². The molecule has 0 saturated carbocycles. The molecule has 3 aromatic rings. The Morgan fingerprint density at radius 3 is 2.33 bits per heavy atom. The Bertz CT molecular complexity index is 1610. The largest absolute Gasteiger partial charge is 0.488 e. The molecule has 0 radical (unpaired) electrons. The van der Waals surface area contributed by atoms with Crippen LogP contribution in [0.3, 0.4) is 0 Å². The summed E-state index contributed by atoms with van der Waals surface area (Å²) in [5.41, 5.74) is 1.62. The zero-order valence-electron chi connectivity index (χ0n) is 24.1. The van der Waals surface area contributed by atoms with Crippen molar-refractivity contribution in [1.82, 2.24) is 9.21 Å². The highest BCUT2D eigenvalue weighted by atomic mass is 32.2. The first-order valence-electron chi connectivity index (χ1n) is 13.6. The van der Waals surface area contributed by atoms with E-state index in [-0.39, 0.29) is 53.4 Å². The van der Waals surface area contributed by atoms with Crippen molar-refractivity contribution in [3.63, 3.8) is 0 Å². The van der Waals surface area contributed by atoms with Gasteiger partial charge in [-0.2, -0.15) is 4.31 Å². The summed E-state index contributed by atoms with van der Waals surface area (Å²) in [4.78, 5) is 15.3. The predicted molar refractivity (Wildman–Crippen MR) is 160 cm³/mol. The van der Waals surface area contributed by atoms with Crippen LogP contribution in [0.4, 0.5) is 5.69 Å². The Hall–Kier alpha value is -3.45. The maximum absolute atomic E-state index is 13.5. The van der Waals surface area contributed by atoms with Gasteiger partial charge in [0, 0.05) is 30.8 Å². The molecule has 0 saturated heterocycles.